The number of rotatable bonds is 9. The van der Waals surface area contributed by atoms with Crippen LogP contribution in [-0.4, -0.2) is 27.9 Å². The summed E-state index contributed by atoms with van der Waals surface area (Å²) in [5.41, 5.74) is 1.10. The van der Waals surface area contributed by atoms with Crippen LogP contribution in [-0.2, 0) is 11.3 Å². The summed E-state index contributed by atoms with van der Waals surface area (Å²) in [5.74, 6) is -2.15. The molecule has 0 aliphatic rings. The highest BCUT2D eigenvalue weighted by Gasteiger charge is 2.15. The van der Waals surface area contributed by atoms with E-state index in [4.69, 9.17) is 5.11 Å². The maximum absolute atomic E-state index is 14.4. The minimum Gasteiger partial charge on any atom is -0.481 e. The second-order valence-electron chi connectivity index (χ2n) is 6.12. The maximum Gasteiger partial charge on any atom is 0.303 e. The fourth-order valence-electron chi connectivity index (χ4n) is 2.43. The van der Waals surface area contributed by atoms with E-state index in [9.17, 15) is 13.6 Å². The van der Waals surface area contributed by atoms with Gasteiger partial charge >= 0.3 is 5.97 Å². The van der Waals surface area contributed by atoms with Gasteiger partial charge in [0.1, 0.15) is 16.7 Å². The zero-order valence-electron chi connectivity index (χ0n) is 14.8. The lowest BCUT2D eigenvalue weighted by Crippen LogP contribution is -2.17. The summed E-state index contributed by atoms with van der Waals surface area (Å²) in [4.78, 5) is 14.8. The van der Waals surface area contributed by atoms with E-state index in [0.717, 1.165) is 5.03 Å². The Morgan fingerprint density at radius 2 is 2.00 bits per heavy atom. The van der Waals surface area contributed by atoms with Gasteiger partial charge in [-0.05, 0) is 36.7 Å². The molecule has 0 amide bonds. The number of carbonyl (C=O) groups is 1. The van der Waals surface area contributed by atoms with Crippen molar-refractivity contribution < 1.29 is 18.7 Å². The summed E-state index contributed by atoms with van der Waals surface area (Å²) in [6.45, 7) is 4.45. The predicted octanol–water partition coefficient (Wildman–Crippen LogP) is 4.48. The Hall–Kier alpha value is -1.99. The molecule has 7 heteroatoms. The molecule has 0 atom stereocenters. The normalized spacial score (nSPS) is 11.1. The molecule has 0 bridgehead atoms. The molecule has 1 aromatic heterocycles. The molecule has 0 spiro atoms. The van der Waals surface area contributed by atoms with Crippen molar-refractivity contribution >= 4 is 17.7 Å². The van der Waals surface area contributed by atoms with Gasteiger partial charge in [0.15, 0.2) is 0 Å². The maximum atomic E-state index is 14.4. The van der Waals surface area contributed by atoms with Gasteiger partial charge in [0.25, 0.3) is 0 Å². The Labute approximate surface area is 156 Å². The number of nitrogens with zero attached hydrogens (tertiary/aromatic N) is 1. The van der Waals surface area contributed by atoms with E-state index in [2.05, 4.69) is 10.3 Å². The number of pyridine rings is 1. The highest BCUT2D eigenvalue weighted by atomic mass is 32.2. The van der Waals surface area contributed by atoms with Crippen molar-refractivity contribution in [3.05, 3.63) is 47.7 Å². The summed E-state index contributed by atoms with van der Waals surface area (Å²) in [5, 5.41) is 12.5. The first kappa shape index (κ1) is 20.3. The van der Waals surface area contributed by atoms with E-state index < -0.39 is 17.6 Å². The number of carboxylic acids is 1. The minimum atomic E-state index is -0.889. The van der Waals surface area contributed by atoms with Crippen molar-refractivity contribution in [1.82, 2.24) is 10.3 Å². The second-order valence-corrected chi connectivity index (χ2v) is 7.68. The third kappa shape index (κ3) is 5.78. The van der Waals surface area contributed by atoms with E-state index in [1.165, 1.54) is 12.1 Å². The van der Waals surface area contributed by atoms with E-state index in [0.29, 0.717) is 29.3 Å². The van der Waals surface area contributed by atoms with Crippen LogP contribution in [0.4, 0.5) is 8.78 Å². The number of aliphatic carboxylic acids is 1. The number of carboxylic acid groups (broad SMARTS) is 1. The Kier molecular flexibility index (Phi) is 7.53. The van der Waals surface area contributed by atoms with Gasteiger partial charge in [0.05, 0.1) is 0 Å². The average Bonchev–Trinajstić information content (AvgIpc) is 2.56. The van der Waals surface area contributed by atoms with Crippen LogP contribution < -0.4 is 5.32 Å². The topological polar surface area (TPSA) is 62.2 Å². The SMILES string of the molecule is CC(C)Sc1ncccc1-c1cc(F)c(CNCCCC(=O)O)c(F)c1. The molecular formula is C19H22F2N2O2S. The molecule has 0 saturated heterocycles. The lowest BCUT2D eigenvalue weighted by molar-refractivity contribution is -0.137. The summed E-state index contributed by atoms with van der Waals surface area (Å²) in [6.07, 6.45) is 2.09. The smallest absolute Gasteiger partial charge is 0.303 e. The lowest BCUT2D eigenvalue weighted by Gasteiger charge is -2.13. The Morgan fingerprint density at radius 3 is 2.62 bits per heavy atom. The fraction of sp³-hybridized carbons (Fsp3) is 0.368. The Morgan fingerprint density at radius 1 is 1.31 bits per heavy atom. The molecule has 1 heterocycles. The van der Waals surface area contributed by atoms with Crippen LogP contribution in [0.1, 0.15) is 32.3 Å². The Balaban J connectivity index is 2.15. The molecule has 2 N–H and O–H groups in total. The molecule has 0 radical (unpaired) electrons. The van der Waals surface area contributed by atoms with E-state index in [1.807, 2.05) is 13.8 Å². The molecule has 0 fully saturated rings. The predicted molar refractivity (Wildman–Crippen MR) is 99.2 cm³/mol. The van der Waals surface area contributed by atoms with Gasteiger partial charge in [-0.15, -0.1) is 11.8 Å². The lowest BCUT2D eigenvalue weighted by atomic mass is 10.0. The first-order valence-corrected chi connectivity index (χ1v) is 9.29. The van der Waals surface area contributed by atoms with Crippen LogP contribution >= 0.6 is 11.8 Å². The third-order valence-corrected chi connectivity index (χ3v) is 4.64. The standard InChI is InChI=1S/C19H22F2N2O2S/c1-12(2)26-19-14(5-3-8-23-19)13-9-16(20)15(17(21)10-13)11-22-7-4-6-18(24)25/h3,5,8-10,12,22H,4,6-7,11H2,1-2H3,(H,24,25). The molecule has 2 aromatic rings. The van der Waals surface area contributed by atoms with Crippen LogP contribution in [0.5, 0.6) is 0 Å². The van der Waals surface area contributed by atoms with Crippen molar-refractivity contribution in [2.75, 3.05) is 6.54 Å². The minimum absolute atomic E-state index is 0.0121. The van der Waals surface area contributed by atoms with Gasteiger partial charge in [-0.3, -0.25) is 4.79 Å². The van der Waals surface area contributed by atoms with Crippen molar-refractivity contribution in [2.45, 2.75) is 43.5 Å². The van der Waals surface area contributed by atoms with Gasteiger partial charge in [0.2, 0.25) is 0 Å². The van der Waals surface area contributed by atoms with Crippen LogP contribution in [0, 0.1) is 11.6 Å². The van der Waals surface area contributed by atoms with Crippen molar-refractivity contribution in [2.24, 2.45) is 0 Å². The molecule has 0 aliphatic carbocycles. The molecule has 0 unspecified atom stereocenters. The van der Waals surface area contributed by atoms with Crippen LogP contribution in [0.15, 0.2) is 35.5 Å². The summed E-state index contributed by atoms with van der Waals surface area (Å²) < 4.78 is 28.9. The number of hydrogen-bond donors (Lipinski definition) is 2. The highest BCUT2D eigenvalue weighted by molar-refractivity contribution is 7.99. The molecule has 4 nitrogen and oxygen atoms in total. The fourth-order valence-corrected chi connectivity index (χ4v) is 3.31. The number of hydrogen-bond acceptors (Lipinski definition) is 4. The largest absolute Gasteiger partial charge is 0.481 e. The van der Waals surface area contributed by atoms with Crippen LogP contribution in [0.2, 0.25) is 0 Å². The number of thioether (sulfide) groups is 1. The summed E-state index contributed by atoms with van der Waals surface area (Å²) >= 11 is 1.54. The van der Waals surface area contributed by atoms with Gasteiger partial charge in [-0.25, -0.2) is 13.8 Å². The zero-order valence-corrected chi connectivity index (χ0v) is 15.6. The quantitative estimate of drug-likeness (QED) is 0.496. The van der Waals surface area contributed by atoms with Gasteiger partial charge in [-0.1, -0.05) is 19.9 Å². The third-order valence-electron chi connectivity index (χ3n) is 3.62. The van der Waals surface area contributed by atoms with E-state index >= 15 is 0 Å². The molecule has 1 aromatic carbocycles. The Bertz CT molecular complexity index is 746. The summed E-state index contributed by atoms with van der Waals surface area (Å²) in [6, 6.07) is 6.18. The second kappa shape index (κ2) is 9.64. The highest BCUT2D eigenvalue weighted by Crippen LogP contribution is 2.33. The molecule has 26 heavy (non-hydrogen) atoms. The first-order valence-electron chi connectivity index (χ1n) is 8.41. The number of halogens is 2. The monoisotopic (exact) mass is 380 g/mol. The van der Waals surface area contributed by atoms with Crippen LogP contribution in [0.25, 0.3) is 11.1 Å². The van der Waals surface area contributed by atoms with Gasteiger partial charge < -0.3 is 10.4 Å². The molecule has 140 valence electrons. The van der Waals surface area contributed by atoms with E-state index in [-0.39, 0.29) is 18.5 Å². The zero-order chi connectivity index (χ0) is 19.1. The summed E-state index contributed by atoms with van der Waals surface area (Å²) in [7, 11) is 0. The van der Waals surface area contributed by atoms with Gasteiger partial charge in [0, 0.05) is 35.5 Å². The molecular weight excluding hydrogens is 358 g/mol. The number of benzene rings is 1. The average molecular weight is 380 g/mol. The number of nitrogens with one attached hydrogen (secondary N) is 1. The van der Waals surface area contributed by atoms with Crippen molar-refractivity contribution in [3.63, 3.8) is 0 Å². The molecule has 0 aliphatic heterocycles. The number of aromatic nitrogens is 1. The van der Waals surface area contributed by atoms with Gasteiger partial charge in [-0.2, -0.15) is 0 Å². The molecule has 2 rings (SSSR count). The van der Waals surface area contributed by atoms with Crippen molar-refractivity contribution in [3.8, 4) is 11.1 Å². The van der Waals surface area contributed by atoms with Crippen LogP contribution in [0.3, 0.4) is 0 Å². The van der Waals surface area contributed by atoms with E-state index in [1.54, 1.807) is 30.1 Å². The molecule has 0 saturated carbocycles. The first-order chi connectivity index (χ1) is 12.4. The van der Waals surface area contributed by atoms with Crippen molar-refractivity contribution in [1.29, 1.82) is 0 Å².